The van der Waals surface area contributed by atoms with Gasteiger partial charge in [0.15, 0.2) is 5.82 Å². The number of esters is 1. The molecule has 7 heteroatoms. The Morgan fingerprint density at radius 2 is 2.19 bits per heavy atom. The van der Waals surface area contributed by atoms with Crippen LogP contribution in [0.4, 0.5) is 0 Å². The maximum absolute atomic E-state index is 12.2. The number of aromatic nitrogens is 3. The van der Waals surface area contributed by atoms with Crippen LogP contribution in [0.15, 0.2) is 30.7 Å². The molecule has 1 unspecified atom stereocenters. The van der Waals surface area contributed by atoms with E-state index >= 15 is 0 Å². The number of amides is 1. The third-order valence-electron chi connectivity index (χ3n) is 4.45. The molecule has 0 saturated carbocycles. The zero-order valence-electron chi connectivity index (χ0n) is 14.8. The minimum Gasteiger partial charge on any atom is -0.469 e. The number of fused-ring (bicyclic) bond motifs is 1. The van der Waals surface area contributed by atoms with Gasteiger partial charge in [0.05, 0.1) is 13.2 Å². The Morgan fingerprint density at radius 1 is 1.31 bits per heavy atom. The first-order chi connectivity index (χ1) is 12.7. The highest BCUT2D eigenvalue weighted by molar-refractivity contribution is 5.77. The van der Waals surface area contributed by atoms with Crippen LogP contribution in [0.2, 0.25) is 0 Å². The van der Waals surface area contributed by atoms with Crippen molar-refractivity contribution in [3.8, 4) is 11.4 Å². The zero-order valence-corrected chi connectivity index (χ0v) is 14.8. The lowest BCUT2D eigenvalue weighted by Crippen LogP contribution is -2.31. The molecular formula is C19H22N4O3. The summed E-state index contributed by atoms with van der Waals surface area (Å²) >= 11 is 0. The standard InChI is InChI=1S/C19H22N4O3/c1-26-18(25)9-3-8-17(24)22-15-6-2-7-16-14(15)12-21-19(23-16)13-5-4-10-20-11-13/h4-5,10-12,15H,2-3,6-9H2,1H3,(H,22,24). The number of nitrogens with zero attached hydrogens (tertiary/aromatic N) is 3. The first-order valence-corrected chi connectivity index (χ1v) is 8.79. The van der Waals surface area contributed by atoms with Crippen molar-refractivity contribution in [2.75, 3.05) is 7.11 Å². The predicted molar refractivity (Wildman–Crippen MR) is 95.0 cm³/mol. The Morgan fingerprint density at radius 3 is 2.96 bits per heavy atom. The second kappa shape index (κ2) is 8.51. The molecule has 136 valence electrons. The van der Waals surface area contributed by atoms with Crippen LogP contribution in [0.3, 0.4) is 0 Å². The fraction of sp³-hybridized carbons (Fsp3) is 0.421. The van der Waals surface area contributed by atoms with Gasteiger partial charge in [0.1, 0.15) is 0 Å². The van der Waals surface area contributed by atoms with E-state index in [4.69, 9.17) is 0 Å². The van der Waals surface area contributed by atoms with E-state index in [-0.39, 0.29) is 24.3 Å². The molecule has 0 radical (unpaired) electrons. The number of ether oxygens (including phenoxy) is 1. The summed E-state index contributed by atoms with van der Waals surface area (Å²) in [5, 5.41) is 3.04. The van der Waals surface area contributed by atoms with Crippen LogP contribution < -0.4 is 5.32 Å². The van der Waals surface area contributed by atoms with Gasteiger partial charge < -0.3 is 10.1 Å². The number of aryl methyl sites for hydroxylation is 1. The van der Waals surface area contributed by atoms with Crippen LogP contribution in [-0.2, 0) is 20.7 Å². The van der Waals surface area contributed by atoms with Crippen LogP contribution in [0.25, 0.3) is 11.4 Å². The van der Waals surface area contributed by atoms with E-state index in [1.807, 2.05) is 18.3 Å². The number of pyridine rings is 1. The molecule has 1 aliphatic rings. The molecule has 0 fully saturated rings. The Labute approximate surface area is 152 Å². The van der Waals surface area contributed by atoms with Crippen LogP contribution in [-0.4, -0.2) is 33.9 Å². The molecule has 1 amide bonds. The summed E-state index contributed by atoms with van der Waals surface area (Å²) in [6, 6.07) is 3.71. The quantitative estimate of drug-likeness (QED) is 0.801. The van der Waals surface area contributed by atoms with E-state index < -0.39 is 0 Å². The third-order valence-corrected chi connectivity index (χ3v) is 4.45. The minimum atomic E-state index is -0.294. The Balaban J connectivity index is 1.65. The highest BCUT2D eigenvalue weighted by Crippen LogP contribution is 2.29. The summed E-state index contributed by atoms with van der Waals surface area (Å²) in [4.78, 5) is 36.5. The monoisotopic (exact) mass is 354 g/mol. The van der Waals surface area contributed by atoms with E-state index in [0.29, 0.717) is 18.7 Å². The van der Waals surface area contributed by atoms with Gasteiger partial charge in [0.25, 0.3) is 0 Å². The molecule has 0 aliphatic heterocycles. The second-order valence-corrected chi connectivity index (χ2v) is 6.28. The van der Waals surface area contributed by atoms with Crippen molar-refractivity contribution >= 4 is 11.9 Å². The Bertz CT molecular complexity index is 780. The molecule has 2 heterocycles. The van der Waals surface area contributed by atoms with Gasteiger partial charge in [-0.2, -0.15) is 0 Å². The molecule has 1 N–H and O–H groups in total. The molecule has 0 bridgehead atoms. The van der Waals surface area contributed by atoms with Crippen LogP contribution in [0.5, 0.6) is 0 Å². The largest absolute Gasteiger partial charge is 0.469 e. The van der Waals surface area contributed by atoms with E-state index in [0.717, 1.165) is 36.1 Å². The van der Waals surface area contributed by atoms with Crippen LogP contribution in [0.1, 0.15) is 49.4 Å². The maximum atomic E-state index is 12.2. The lowest BCUT2D eigenvalue weighted by atomic mass is 9.92. The number of carbonyl (C=O) groups excluding carboxylic acids is 2. The number of hydrogen-bond acceptors (Lipinski definition) is 6. The van der Waals surface area contributed by atoms with Gasteiger partial charge in [-0.25, -0.2) is 9.97 Å². The lowest BCUT2D eigenvalue weighted by Gasteiger charge is -2.25. The van der Waals surface area contributed by atoms with E-state index in [9.17, 15) is 9.59 Å². The molecule has 2 aromatic heterocycles. The molecule has 0 saturated heterocycles. The maximum Gasteiger partial charge on any atom is 0.305 e. The molecule has 0 aromatic carbocycles. The molecule has 7 nitrogen and oxygen atoms in total. The number of methoxy groups -OCH3 is 1. The van der Waals surface area contributed by atoms with E-state index in [1.165, 1.54) is 7.11 Å². The van der Waals surface area contributed by atoms with Gasteiger partial charge in [0.2, 0.25) is 5.91 Å². The fourth-order valence-electron chi connectivity index (χ4n) is 3.09. The number of nitrogens with one attached hydrogen (secondary N) is 1. The SMILES string of the molecule is COC(=O)CCCC(=O)NC1CCCc2nc(-c3cccnc3)ncc21. The first-order valence-electron chi connectivity index (χ1n) is 8.79. The summed E-state index contributed by atoms with van der Waals surface area (Å²) in [5.74, 6) is 0.294. The second-order valence-electron chi connectivity index (χ2n) is 6.28. The van der Waals surface area contributed by atoms with E-state index in [1.54, 1.807) is 12.4 Å². The zero-order chi connectivity index (χ0) is 18.4. The van der Waals surface area contributed by atoms with Crippen molar-refractivity contribution in [2.24, 2.45) is 0 Å². The van der Waals surface area contributed by atoms with Crippen molar-refractivity contribution in [2.45, 2.75) is 44.6 Å². The topological polar surface area (TPSA) is 94.1 Å². The number of rotatable bonds is 6. The summed E-state index contributed by atoms with van der Waals surface area (Å²) in [7, 11) is 1.35. The van der Waals surface area contributed by atoms with Crippen LogP contribution >= 0.6 is 0 Å². The van der Waals surface area contributed by atoms with E-state index in [2.05, 4.69) is 25.0 Å². The van der Waals surface area contributed by atoms with Crippen molar-refractivity contribution in [3.05, 3.63) is 42.0 Å². The summed E-state index contributed by atoms with van der Waals surface area (Å²) < 4.78 is 4.58. The van der Waals surface area contributed by atoms with Gasteiger partial charge in [-0.1, -0.05) is 0 Å². The fourth-order valence-corrected chi connectivity index (χ4v) is 3.09. The molecule has 26 heavy (non-hydrogen) atoms. The Hall–Kier alpha value is -2.83. The normalized spacial score (nSPS) is 15.8. The number of carbonyl (C=O) groups is 2. The molecular weight excluding hydrogens is 332 g/mol. The van der Waals surface area contributed by atoms with Crippen molar-refractivity contribution in [1.29, 1.82) is 0 Å². The molecule has 1 atom stereocenters. The predicted octanol–water partition coefficient (Wildman–Crippen LogP) is 2.38. The average Bonchev–Trinajstić information content (AvgIpc) is 2.68. The highest BCUT2D eigenvalue weighted by atomic mass is 16.5. The molecule has 2 aromatic rings. The van der Waals surface area contributed by atoms with Gasteiger partial charge in [-0.3, -0.25) is 14.6 Å². The van der Waals surface area contributed by atoms with Crippen LogP contribution in [0, 0.1) is 0 Å². The van der Waals surface area contributed by atoms with Gasteiger partial charge >= 0.3 is 5.97 Å². The summed E-state index contributed by atoms with van der Waals surface area (Å²) in [6.45, 7) is 0. The molecule has 0 spiro atoms. The third kappa shape index (κ3) is 4.41. The van der Waals surface area contributed by atoms with Gasteiger partial charge in [-0.15, -0.1) is 0 Å². The summed E-state index contributed by atoms with van der Waals surface area (Å²) in [6.07, 6.45) is 9.00. The van der Waals surface area contributed by atoms with Crippen molar-refractivity contribution in [3.63, 3.8) is 0 Å². The molecule has 1 aliphatic carbocycles. The molecule has 3 rings (SSSR count). The lowest BCUT2D eigenvalue weighted by molar-refractivity contribution is -0.140. The van der Waals surface area contributed by atoms with Crippen molar-refractivity contribution < 1.29 is 14.3 Å². The van der Waals surface area contributed by atoms with Gasteiger partial charge in [0, 0.05) is 48.3 Å². The summed E-state index contributed by atoms with van der Waals surface area (Å²) in [5.41, 5.74) is 2.83. The number of hydrogen-bond donors (Lipinski definition) is 1. The van der Waals surface area contributed by atoms with Crippen molar-refractivity contribution in [1.82, 2.24) is 20.3 Å². The highest BCUT2D eigenvalue weighted by Gasteiger charge is 2.24. The first kappa shape index (κ1) is 18.0. The minimum absolute atomic E-state index is 0.0666. The average molecular weight is 354 g/mol. The Kier molecular flexibility index (Phi) is 5.88. The smallest absolute Gasteiger partial charge is 0.305 e. The van der Waals surface area contributed by atoms with Gasteiger partial charge in [-0.05, 0) is 37.8 Å².